The van der Waals surface area contributed by atoms with Gasteiger partial charge in [-0.2, -0.15) is 0 Å². The van der Waals surface area contributed by atoms with Gasteiger partial charge in [0.05, 0.1) is 32.5 Å². The molecule has 2 atom stereocenters. The van der Waals surface area contributed by atoms with Gasteiger partial charge in [-0.05, 0) is 54.8 Å². The second-order valence-corrected chi connectivity index (χ2v) is 7.80. The smallest absolute Gasteiger partial charge is 0.226 e. The van der Waals surface area contributed by atoms with Crippen LogP contribution in [-0.2, 0) is 17.0 Å². The van der Waals surface area contributed by atoms with Crippen molar-refractivity contribution in [2.75, 3.05) is 40.5 Å². The Labute approximate surface area is 175 Å². The van der Waals surface area contributed by atoms with Crippen molar-refractivity contribution >= 4 is 5.71 Å². The van der Waals surface area contributed by atoms with E-state index in [2.05, 4.69) is 22.2 Å². The van der Waals surface area contributed by atoms with E-state index in [0.717, 1.165) is 54.3 Å². The van der Waals surface area contributed by atoms with Crippen LogP contribution in [0.1, 0.15) is 23.1 Å². The van der Waals surface area contributed by atoms with Gasteiger partial charge in [-0.25, -0.2) is 0 Å². The molecule has 1 N–H and O–H groups in total. The summed E-state index contributed by atoms with van der Waals surface area (Å²) in [6.07, 6.45) is 1.93. The fourth-order valence-electron chi connectivity index (χ4n) is 5.03. The zero-order chi connectivity index (χ0) is 20.7. The van der Waals surface area contributed by atoms with Crippen LogP contribution in [0.25, 0.3) is 0 Å². The number of hydrogen-bond donors (Lipinski definition) is 1. The minimum atomic E-state index is -0.589. The first-order chi connectivity index (χ1) is 14.7. The van der Waals surface area contributed by atoms with Crippen LogP contribution in [0, 0.1) is 5.92 Å². The molecule has 0 unspecified atom stereocenters. The summed E-state index contributed by atoms with van der Waals surface area (Å²) in [5, 5.41) is 13.5. The molecule has 1 spiro atoms. The summed E-state index contributed by atoms with van der Waals surface area (Å²) in [6.45, 7) is 2.17. The normalized spacial score (nSPS) is 24.4. The Hall–Kier alpha value is -2.77. The Bertz CT molecular complexity index is 974. The molecule has 3 heterocycles. The first kappa shape index (κ1) is 19.2. The van der Waals surface area contributed by atoms with Crippen molar-refractivity contribution in [3.8, 4) is 17.2 Å². The molecule has 158 valence electrons. The summed E-state index contributed by atoms with van der Waals surface area (Å²) in [5.41, 5.74) is 3.75. The van der Waals surface area contributed by atoms with Gasteiger partial charge in [0.25, 0.3) is 0 Å². The summed E-state index contributed by atoms with van der Waals surface area (Å²) in [4.78, 5) is 8.69. The Morgan fingerprint density at radius 3 is 2.63 bits per heavy atom. The highest BCUT2D eigenvalue weighted by atomic mass is 16.7. The molecule has 1 saturated heterocycles. The first-order valence-electron chi connectivity index (χ1n) is 10.3. The van der Waals surface area contributed by atoms with Gasteiger partial charge in [-0.15, -0.1) is 0 Å². The summed E-state index contributed by atoms with van der Waals surface area (Å²) < 4.78 is 16.6. The van der Waals surface area contributed by atoms with E-state index in [9.17, 15) is 0 Å². The molecule has 0 bridgehead atoms. The van der Waals surface area contributed by atoms with Crippen LogP contribution in [0.4, 0.5) is 0 Å². The Balaban J connectivity index is 1.51. The molecule has 0 aromatic heterocycles. The molecule has 0 saturated carbocycles. The lowest BCUT2D eigenvalue weighted by Gasteiger charge is -2.41. The number of benzene rings is 2. The van der Waals surface area contributed by atoms with Gasteiger partial charge in [-0.3, -0.25) is 4.90 Å². The van der Waals surface area contributed by atoms with Crippen molar-refractivity contribution in [1.82, 2.24) is 4.90 Å². The van der Waals surface area contributed by atoms with Crippen molar-refractivity contribution in [2.45, 2.75) is 18.6 Å². The highest BCUT2D eigenvalue weighted by Crippen LogP contribution is 2.54. The summed E-state index contributed by atoms with van der Waals surface area (Å²) in [6, 6.07) is 12.0. The summed E-state index contributed by atoms with van der Waals surface area (Å²) >= 11 is 0. The lowest BCUT2D eigenvalue weighted by Crippen LogP contribution is -2.50. The fourth-order valence-corrected chi connectivity index (χ4v) is 5.03. The van der Waals surface area contributed by atoms with E-state index in [1.54, 1.807) is 14.2 Å². The van der Waals surface area contributed by atoms with Gasteiger partial charge in [0.15, 0.2) is 11.5 Å². The molecule has 7 heteroatoms. The summed E-state index contributed by atoms with van der Waals surface area (Å²) in [7, 11) is 3.32. The quantitative estimate of drug-likeness (QED) is 0.789. The van der Waals surface area contributed by atoms with Crippen LogP contribution in [0.3, 0.4) is 0 Å². The minimum absolute atomic E-state index is 0.00359. The number of rotatable bonds is 6. The maximum atomic E-state index is 8.94. The largest absolute Gasteiger partial charge is 0.493 e. The third kappa shape index (κ3) is 2.76. The first-order valence-corrected chi connectivity index (χ1v) is 10.3. The molecule has 3 aliphatic rings. The number of hydrogen-bond acceptors (Lipinski definition) is 7. The zero-order valence-corrected chi connectivity index (χ0v) is 17.3. The van der Waals surface area contributed by atoms with Crippen LogP contribution in [0.2, 0.25) is 0 Å². The number of fused-ring (bicyclic) bond motifs is 1. The zero-order valence-electron chi connectivity index (χ0n) is 17.3. The SMILES string of the molecule is COc1cc2c(cc1OC)[C@@]13ON=C(c4ccc(OCCO)cc4)[C@@H]1CCN3CC2. The predicted molar refractivity (Wildman–Crippen MR) is 111 cm³/mol. The minimum Gasteiger partial charge on any atom is -0.493 e. The average molecular weight is 410 g/mol. The third-order valence-electron chi connectivity index (χ3n) is 6.40. The lowest BCUT2D eigenvalue weighted by atomic mass is 9.80. The van der Waals surface area contributed by atoms with Gasteiger partial charge < -0.3 is 24.2 Å². The van der Waals surface area contributed by atoms with E-state index in [1.807, 2.05) is 24.3 Å². The van der Waals surface area contributed by atoms with Crippen LogP contribution < -0.4 is 14.2 Å². The predicted octanol–water partition coefficient (Wildman–Crippen LogP) is 2.54. The molecule has 0 radical (unpaired) electrons. The molecule has 0 aliphatic carbocycles. The van der Waals surface area contributed by atoms with Crippen molar-refractivity contribution < 1.29 is 24.2 Å². The van der Waals surface area contributed by atoms with Gasteiger partial charge in [-0.1, -0.05) is 5.16 Å². The monoisotopic (exact) mass is 410 g/mol. The highest BCUT2D eigenvalue weighted by molar-refractivity contribution is 6.04. The molecule has 30 heavy (non-hydrogen) atoms. The van der Waals surface area contributed by atoms with Crippen LogP contribution in [0.15, 0.2) is 41.6 Å². The molecular weight excluding hydrogens is 384 g/mol. The Kier molecular flexibility index (Phi) is 4.79. The second-order valence-electron chi connectivity index (χ2n) is 7.80. The van der Waals surface area contributed by atoms with E-state index in [-0.39, 0.29) is 19.1 Å². The number of ether oxygens (including phenoxy) is 3. The number of methoxy groups -OCH3 is 2. The van der Waals surface area contributed by atoms with Crippen molar-refractivity contribution in [2.24, 2.45) is 11.1 Å². The molecule has 5 rings (SSSR count). The van der Waals surface area contributed by atoms with Crippen LogP contribution in [0.5, 0.6) is 17.2 Å². The molecule has 2 aromatic rings. The molecule has 2 aromatic carbocycles. The fraction of sp³-hybridized carbons (Fsp3) is 0.435. The van der Waals surface area contributed by atoms with Gasteiger partial charge in [0.2, 0.25) is 5.72 Å². The molecule has 7 nitrogen and oxygen atoms in total. The number of oxime groups is 1. The van der Waals surface area contributed by atoms with Gasteiger partial charge in [0.1, 0.15) is 12.4 Å². The topological polar surface area (TPSA) is 72.8 Å². The van der Waals surface area contributed by atoms with E-state index in [4.69, 9.17) is 24.2 Å². The Morgan fingerprint density at radius 2 is 1.90 bits per heavy atom. The number of nitrogens with zero attached hydrogens (tertiary/aromatic N) is 2. The standard InChI is InChI=1S/C23H26N2O5/c1-27-20-13-16-7-9-25-10-8-18-22(15-3-5-17(6-4-15)29-12-11-26)24-30-23(18,25)19(16)14-21(20)28-2/h3-6,13-14,18,26H,7-12H2,1-2H3/t18-,23-/m0/s1. The maximum Gasteiger partial charge on any atom is 0.226 e. The number of aliphatic hydroxyl groups is 1. The van der Waals surface area contributed by atoms with E-state index < -0.39 is 5.72 Å². The summed E-state index contributed by atoms with van der Waals surface area (Å²) in [5.74, 6) is 2.32. The third-order valence-corrected chi connectivity index (χ3v) is 6.40. The van der Waals surface area contributed by atoms with Crippen molar-refractivity contribution in [3.05, 3.63) is 53.1 Å². The van der Waals surface area contributed by atoms with Crippen LogP contribution >= 0.6 is 0 Å². The Morgan fingerprint density at radius 1 is 1.13 bits per heavy atom. The maximum absolute atomic E-state index is 8.94. The second kappa shape index (κ2) is 7.49. The lowest BCUT2D eigenvalue weighted by molar-refractivity contribution is -0.145. The van der Waals surface area contributed by atoms with Gasteiger partial charge >= 0.3 is 0 Å². The molecule has 3 aliphatic heterocycles. The van der Waals surface area contributed by atoms with E-state index in [0.29, 0.717) is 5.75 Å². The molecular formula is C23H26N2O5. The average Bonchev–Trinajstić information content (AvgIpc) is 3.34. The van der Waals surface area contributed by atoms with Crippen molar-refractivity contribution in [3.63, 3.8) is 0 Å². The van der Waals surface area contributed by atoms with E-state index in [1.165, 1.54) is 5.56 Å². The number of aliphatic hydroxyl groups excluding tert-OH is 1. The van der Waals surface area contributed by atoms with Gasteiger partial charge in [0, 0.05) is 24.2 Å². The van der Waals surface area contributed by atoms with Crippen molar-refractivity contribution in [1.29, 1.82) is 0 Å². The molecule has 1 fully saturated rings. The molecule has 0 amide bonds. The van der Waals surface area contributed by atoms with E-state index >= 15 is 0 Å². The van der Waals surface area contributed by atoms with Crippen LogP contribution in [-0.4, -0.2) is 56.2 Å². The highest BCUT2D eigenvalue weighted by Gasteiger charge is 2.60.